The van der Waals surface area contributed by atoms with Gasteiger partial charge >= 0.3 is 5.97 Å². The van der Waals surface area contributed by atoms with Crippen LogP contribution in [0.15, 0.2) is 18.2 Å². The first-order valence-corrected chi connectivity index (χ1v) is 12.4. The minimum Gasteiger partial charge on any atom is -0.465 e. The van der Waals surface area contributed by atoms with E-state index in [4.69, 9.17) is 4.74 Å². The van der Waals surface area contributed by atoms with Crippen LogP contribution < -0.4 is 10.2 Å². The van der Waals surface area contributed by atoms with Crippen LogP contribution in [0, 0.1) is 11.7 Å². The van der Waals surface area contributed by atoms with E-state index >= 15 is 0 Å². The number of ether oxygens (including phenoxy) is 1. The summed E-state index contributed by atoms with van der Waals surface area (Å²) in [6.07, 6.45) is 2.89. The molecular formula is C22H23FN4O3S2. The van der Waals surface area contributed by atoms with Crippen molar-refractivity contribution in [2.45, 2.75) is 38.5 Å². The summed E-state index contributed by atoms with van der Waals surface area (Å²) in [5.74, 6) is -1.03. The molecule has 1 saturated heterocycles. The van der Waals surface area contributed by atoms with Gasteiger partial charge in [0.1, 0.15) is 17.3 Å². The Morgan fingerprint density at radius 1 is 1.22 bits per heavy atom. The molecule has 2 aliphatic rings. The third-order valence-electron chi connectivity index (χ3n) is 6.01. The zero-order valence-corrected chi connectivity index (χ0v) is 19.2. The van der Waals surface area contributed by atoms with Gasteiger partial charge in [0.25, 0.3) is 0 Å². The minimum atomic E-state index is -0.325. The van der Waals surface area contributed by atoms with Crippen LogP contribution in [-0.2, 0) is 20.7 Å². The molecule has 3 aromatic rings. The van der Waals surface area contributed by atoms with Gasteiger partial charge in [-0.3, -0.25) is 9.59 Å². The topological polar surface area (TPSA) is 84.4 Å². The third kappa shape index (κ3) is 3.97. The van der Waals surface area contributed by atoms with E-state index in [1.807, 2.05) is 6.07 Å². The molecule has 0 saturated carbocycles. The van der Waals surface area contributed by atoms with Crippen LogP contribution in [0.25, 0.3) is 10.2 Å². The van der Waals surface area contributed by atoms with Crippen LogP contribution in [0.4, 0.5) is 14.7 Å². The number of para-hydroxylation sites is 1. The number of carbonyl (C=O) groups excluding carboxylic acids is 2. The van der Waals surface area contributed by atoms with E-state index < -0.39 is 0 Å². The molecule has 3 heterocycles. The average molecular weight is 475 g/mol. The predicted octanol–water partition coefficient (Wildman–Crippen LogP) is 4.34. The SMILES string of the molecule is CCOC(=O)C1CCc2sc(NC(=O)C3CCN(c4nc5c(F)cccc5s4)CC3)nc21. The highest BCUT2D eigenvalue weighted by atomic mass is 32.1. The molecule has 7 nitrogen and oxygen atoms in total. The highest BCUT2D eigenvalue weighted by Crippen LogP contribution is 2.39. The van der Waals surface area contributed by atoms with Gasteiger partial charge in [-0.25, -0.2) is 14.4 Å². The summed E-state index contributed by atoms with van der Waals surface area (Å²) >= 11 is 2.93. The van der Waals surface area contributed by atoms with Crippen molar-refractivity contribution in [2.24, 2.45) is 5.92 Å². The number of amides is 1. The summed E-state index contributed by atoms with van der Waals surface area (Å²) < 4.78 is 19.9. The fraction of sp³-hybridized carbons (Fsp3) is 0.455. The summed E-state index contributed by atoms with van der Waals surface area (Å²) in [5, 5.41) is 4.30. The van der Waals surface area contributed by atoms with Crippen molar-refractivity contribution in [2.75, 3.05) is 29.9 Å². The molecule has 5 rings (SSSR count). The molecule has 10 heteroatoms. The van der Waals surface area contributed by atoms with Crippen molar-refractivity contribution in [1.29, 1.82) is 0 Å². The fourth-order valence-electron chi connectivity index (χ4n) is 4.33. The van der Waals surface area contributed by atoms with Gasteiger partial charge in [-0.1, -0.05) is 17.4 Å². The van der Waals surface area contributed by atoms with Crippen molar-refractivity contribution in [3.63, 3.8) is 0 Å². The Labute approximate surface area is 192 Å². The van der Waals surface area contributed by atoms with Crippen molar-refractivity contribution in [3.8, 4) is 0 Å². The molecule has 1 N–H and O–H groups in total. The zero-order chi connectivity index (χ0) is 22.2. The number of piperidine rings is 1. The van der Waals surface area contributed by atoms with Crippen LogP contribution >= 0.6 is 22.7 Å². The largest absolute Gasteiger partial charge is 0.465 e. The minimum absolute atomic E-state index is 0.0416. The van der Waals surface area contributed by atoms with Gasteiger partial charge in [-0.05, 0) is 44.7 Å². The number of esters is 1. The summed E-state index contributed by atoms with van der Waals surface area (Å²) in [6, 6.07) is 4.99. The summed E-state index contributed by atoms with van der Waals surface area (Å²) in [7, 11) is 0. The van der Waals surface area contributed by atoms with Gasteiger partial charge < -0.3 is 15.0 Å². The van der Waals surface area contributed by atoms with Gasteiger partial charge in [0, 0.05) is 23.9 Å². The van der Waals surface area contributed by atoms with E-state index in [1.165, 1.54) is 28.7 Å². The summed E-state index contributed by atoms with van der Waals surface area (Å²) in [4.78, 5) is 37.1. The lowest BCUT2D eigenvalue weighted by atomic mass is 9.96. The van der Waals surface area contributed by atoms with Crippen molar-refractivity contribution < 1.29 is 18.7 Å². The molecule has 2 aromatic heterocycles. The monoisotopic (exact) mass is 474 g/mol. The second-order valence-electron chi connectivity index (χ2n) is 8.00. The Hall–Kier alpha value is -2.59. The number of nitrogens with zero attached hydrogens (tertiary/aromatic N) is 3. The quantitative estimate of drug-likeness (QED) is 0.554. The number of halogens is 1. The molecule has 1 aliphatic heterocycles. The highest BCUT2D eigenvalue weighted by Gasteiger charge is 2.34. The lowest BCUT2D eigenvalue weighted by Gasteiger charge is -2.30. The van der Waals surface area contributed by atoms with Gasteiger partial charge in [-0.15, -0.1) is 11.3 Å². The molecule has 0 spiro atoms. The maximum absolute atomic E-state index is 14.0. The highest BCUT2D eigenvalue weighted by molar-refractivity contribution is 7.22. The Kier molecular flexibility index (Phi) is 5.81. The summed E-state index contributed by atoms with van der Waals surface area (Å²) in [5.41, 5.74) is 1.16. The number of aromatic nitrogens is 2. The first-order chi connectivity index (χ1) is 15.5. The van der Waals surface area contributed by atoms with E-state index in [-0.39, 0.29) is 29.5 Å². The molecule has 1 amide bonds. The lowest BCUT2D eigenvalue weighted by Crippen LogP contribution is -2.38. The van der Waals surface area contributed by atoms with Crippen molar-refractivity contribution in [1.82, 2.24) is 9.97 Å². The first kappa shape index (κ1) is 21.3. The van der Waals surface area contributed by atoms with Crippen molar-refractivity contribution in [3.05, 3.63) is 34.6 Å². The van der Waals surface area contributed by atoms with Crippen LogP contribution in [0.2, 0.25) is 0 Å². The second kappa shape index (κ2) is 8.74. The number of aryl methyl sites for hydroxylation is 1. The average Bonchev–Trinajstić information content (AvgIpc) is 3.48. The molecular weight excluding hydrogens is 451 g/mol. The van der Waals surface area contributed by atoms with Crippen LogP contribution in [0.3, 0.4) is 0 Å². The van der Waals surface area contributed by atoms with E-state index in [0.717, 1.165) is 33.2 Å². The number of fused-ring (bicyclic) bond motifs is 2. The molecule has 1 aliphatic carbocycles. The van der Waals surface area contributed by atoms with E-state index in [2.05, 4.69) is 20.2 Å². The standard InChI is InChI=1S/C22H23FN4O3S2/c1-2-30-20(29)13-6-7-16-17(13)24-21(31-16)26-19(28)12-8-10-27(11-9-12)22-25-18-14(23)4-3-5-15(18)32-22/h3-5,12-13H,2,6-11H2,1H3,(H,24,26,28). The van der Waals surface area contributed by atoms with Gasteiger partial charge in [-0.2, -0.15) is 0 Å². The van der Waals surface area contributed by atoms with Gasteiger partial charge in [0.05, 0.1) is 17.0 Å². The number of hydrogen-bond acceptors (Lipinski definition) is 8. The number of carbonyl (C=O) groups is 2. The maximum Gasteiger partial charge on any atom is 0.315 e. The molecule has 0 radical (unpaired) electrons. The van der Waals surface area contributed by atoms with Gasteiger partial charge in [0.15, 0.2) is 10.3 Å². The number of anilines is 2. The van der Waals surface area contributed by atoms with Crippen LogP contribution in [0.5, 0.6) is 0 Å². The number of hydrogen-bond donors (Lipinski definition) is 1. The maximum atomic E-state index is 14.0. The lowest BCUT2D eigenvalue weighted by molar-refractivity contribution is -0.145. The molecule has 1 atom stereocenters. The molecule has 1 aromatic carbocycles. The van der Waals surface area contributed by atoms with E-state index in [9.17, 15) is 14.0 Å². The Morgan fingerprint density at radius 2 is 2.03 bits per heavy atom. The Bertz CT molecular complexity index is 1170. The molecule has 1 fully saturated rings. The Morgan fingerprint density at radius 3 is 2.78 bits per heavy atom. The fourth-order valence-corrected chi connectivity index (χ4v) is 6.40. The number of thiazole rings is 2. The molecule has 1 unspecified atom stereocenters. The van der Waals surface area contributed by atoms with E-state index in [0.29, 0.717) is 43.2 Å². The van der Waals surface area contributed by atoms with Gasteiger partial charge in [0.2, 0.25) is 5.91 Å². The Balaban J connectivity index is 1.20. The van der Waals surface area contributed by atoms with Crippen LogP contribution in [-0.4, -0.2) is 41.5 Å². The molecule has 32 heavy (non-hydrogen) atoms. The van der Waals surface area contributed by atoms with E-state index in [1.54, 1.807) is 13.0 Å². The predicted molar refractivity (Wildman–Crippen MR) is 123 cm³/mol. The normalized spacial score (nSPS) is 18.7. The summed E-state index contributed by atoms with van der Waals surface area (Å²) in [6.45, 7) is 3.53. The smallest absolute Gasteiger partial charge is 0.315 e. The third-order valence-corrected chi connectivity index (χ3v) is 8.14. The zero-order valence-electron chi connectivity index (χ0n) is 17.6. The molecule has 168 valence electrons. The van der Waals surface area contributed by atoms with Crippen LogP contribution in [0.1, 0.15) is 42.7 Å². The number of rotatable bonds is 5. The number of benzene rings is 1. The molecule has 0 bridgehead atoms. The van der Waals surface area contributed by atoms with Crippen molar-refractivity contribution >= 4 is 55.0 Å². The first-order valence-electron chi connectivity index (χ1n) is 10.8. The number of nitrogens with one attached hydrogen (secondary N) is 1. The second-order valence-corrected chi connectivity index (χ2v) is 10.1.